The highest BCUT2D eigenvalue weighted by atomic mass is 32.2. The van der Waals surface area contributed by atoms with Gasteiger partial charge in [-0.1, -0.05) is 11.6 Å². The highest BCUT2D eigenvalue weighted by Gasteiger charge is 2.38. The number of aliphatic hydroxyl groups is 1. The van der Waals surface area contributed by atoms with Gasteiger partial charge < -0.3 is 14.9 Å². The molecule has 224 valence electrons. The summed E-state index contributed by atoms with van der Waals surface area (Å²) in [5.41, 5.74) is -4.73. The second-order valence-electron chi connectivity index (χ2n) is 8.40. The molecule has 2 aromatic carbocycles. The number of aliphatic carboxylic acids is 1. The van der Waals surface area contributed by atoms with Gasteiger partial charge in [0.15, 0.2) is 6.79 Å². The van der Waals surface area contributed by atoms with E-state index in [0.29, 0.717) is 12.1 Å². The summed E-state index contributed by atoms with van der Waals surface area (Å²) < 4.78 is 124. The number of alkyl halides is 9. The molecule has 2 aromatic rings. The topological polar surface area (TPSA) is 85.2 Å². The number of rotatable bonds is 13. The Hall–Kier alpha value is -2.53. The third kappa shape index (κ3) is 10.8. The van der Waals surface area contributed by atoms with Gasteiger partial charge in [0, 0.05) is 11.5 Å². The van der Waals surface area contributed by atoms with Crippen molar-refractivity contribution in [3.63, 3.8) is 0 Å². The van der Waals surface area contributed by atoms with Crippen LogP contribution in [0, 0.1) is 6.92 Å². The van der Waals surface area contributed by atoms with Crippen molar-refractivity contribution in [2.75, 3.05) is 24.9 Å². The van der Waals surface area contributed by atoms with Crippen molar-refractivity contribution in [3.05, 3.63) is 69.8 Å². The van der Waals surface area contributed by atoms with Crippen molar-refractivity contribution < 1.29 is 69.0 Å². The highest BCUT2D eigenvalue weighted by Crippen LogP contribution is 2.39. The van der Waals surface area contributed by atoms with Crippen LogP contribution in [0.3, 0.4) is 0 Å². The summed E-state index contributed by atoms with van der Waals surface area (Å²) in [6.07, 6.45) is -18.5. The van der Waals surface area contributed by atoms with Crippen LogP contribution in [-0.4, -0.2) is 41.1 Å². The maximum absolute atomic E-state index is 13.3. The van der Waals surface area contributed by atoms with E-state index in [0.717, 1.165) is 23.9 Å². The Morgan fingerprint density at radius 2 is 1.35 bits per heavy atom. The summed E-state index contributed by atoms with van der Waals surface area (Å²) in [4.78, 5) is 20.2. The van der Waals surface area contributed by atoms with Crippen LogP contribution in [0.25, 0.3) is 0 Å². The summed E-state index contributed by atoms with van der Waals surface area (Å²) >= 11 is 0.760. The lowest BCUT2D eigenvalue weighted by atomic mass is 10.0. The first-order chi connectivity index (χ1) is 18.4. The van der Waals surface area contributed by atoms with E-state index in [2.05, 4.69) is 0 Å². The predicted octanol–water partition coefficient (Wildman–Crippen LogP) is 6.96. The molecule has 6 nitrogen and oxygen atoms in total. The van der Waals surface area contributed by atoms with E-state index in [1.807, 2.05) is 0 Å². The Balaban J connectivity index is 2.24. The number of aryl methyl sites for hydroxylation is 1. The summed E-state index contributed by atoms with van der Waals surface area (Å²) in [6, 6.07) is 3.66. The number of benzene rings is 2. The number of hydrogen-bond acceptors (Lipinski definition) is 6. The van der Waals surface area contributed by atoms with E-state index < -0.39 is 77.9 Å². The van der Waals surface area contributed by atoms with Crippen molar-refractivity contribution in [1.82, 2.24) is 0 Å². The lowest BCUT2D eigenvalue weighted by Gasteiger charge is -2.21. The number of thioether (sulfide) groups is 1. The van der Waals surface area contributed by atoms with Gasteiger partial charge in [-0.2, -0.15) is 51.3 Å². The lowest BCUT2D eigenvalue weighted by molar-refractivity contribution is -0.359. The molecule has 2 N–H and O–H groups in total. The quantitative estimate of drug-likeness (QED) is 0.0835. The first-order valence-electron chi connectivity index (χ1n) is 11.2. The van der Waals surface area contributed by atoms with Gasteiger partial charge in [0.1, 0.15) is 6.10 Å². The van der Waals surface area contributed by atoms with Crippen LogP contribution >= 0.6 is 11.8 Å². The zero-order valence-corrected chi connectivity index (χ0v) is 21.3. The zero-order valence-electron chi connectivity index (χ0n) is 20.5. The van der Waals surface area contributed by atoms with Gasteiger partial charge in [-0.15, -0.1) is 0 Å². The van der Waals surface area contributed by atoms with Gasteiger partial charge in [-0.25, -0.2) is 9.78 Å². The molecule has 0 saturated carbocycles. The number of aliphatic hydroxyl groups excluding tert-OH is 1. The van der Waals surface area contributed by atoms with E-state index in [9.17, 15) is 49.4 Å². The molecule has 0 aliphatic carbocycles. The Bertz CT molecular complexity index is 1100. The van der Waals surface area contributed by atoms with Crippen LogP contribution in [0.1, 0.15) is 52.0 Å². The van der Waals surface area contributed by atoms with Crippen molar-refractivity contribution in [1.29, 1.82) is 0 Å². The van der Waals surface area contributed by atoms with Crippen LogP contribution in [0.4, 0.5) is 39.5 Å². The maximum atomic E-state index is 13.3. The molecule has 16 heteroatoms. The molecule has 0 heterocycles. The average molecular weight is 610 g/mol. The number of carboxylic acid groups (broad SMARTS) is 1. The van der Waals surface area contributed by atoms with Gasteiger partial charge in [0.25, 0.3) is 0 Å². The van der Waals surface area contributed by atoms with E-state index >= 15 is 0 Å². The van der Waals surface area contributed by atoms with Gasteiger partial charge >= 0.3 is 24.5 Å². The molecule has 0 bridgehead atoms. The number of hydrogen-bond donors (Lipinski definition) is 2. The average Bonchev–Trinajstić information content (AvgIpc) is 2.82. The second-order valence-corrected chi connectivity index (χ2v) is 9.47. The molecule has 0 radical (unpaired) electrons. The summed E-state index contributed by atoms with van der Waals surface area (Å²) in [7, 11) is 0. The normalized spacial score (nSPS) is 14.3. The standard InChI is InChI=1S/C24H23F9O6S/c1-13-4-14(6-16(5-13)22(25,26)27)19(34)10-40-11-20(39-38-12-37-3-2-21(35)36)15-7-17(23(28,29)30)9-18(8-15)24(31,32)33/h4-9,19-20,34H,2-3,10-12H2,1H3,(H,35,36). The fourth-order valence-electron chi connectivity index (χ4n) is 3.26. The second kappa shape index (κ2) is 13.9. The smallest absolute Gasteiger partial charge is 0.416 e. The molecule has 2 rings (SSSR count). The highest BCUT2D eigenvalue weighted by molar-refractivity contribution is 7.99. The number of carboxylic acids is 1. The van der Waals surface area contributed by atoms with Gasteiger partial charge in [0.05, 0.1) is 35.8 Å². The van der Waals surface area contributed by atoms with E-state index in [1.54, 1.807) is 0 Å². The minimum Gasteiger partial charge on any atom is -0.481 e. The largest absolute Gasteiger partial charge is 0.481 e. The van der Waals surface area contributed by atoms with Gasteiger partial charge in [-0.3, -0.25) is 4.79 Å². The van der Waals surface area contributed by atoms with Crippen molar-refractivity contribution in [2.45, 2.75) is 44.1 Å². The lowest BCUT2D eigenvalue weighted by Crippen LogP contribution is -2.16. The van der Waals surface area contributed by atoms with E-state index in [-0.39, 0.29) is 29.6 Å². The Kier molecular flexibility index (Phi) is 11.7. The van der Waals surface area contributed by atoms with Crippen LogP contribution in [0.2, 0.25) is 0 Å². The molecule has 2 unspecified atom stereocenters. The van der Waals surface area contributed by atoms with E-state index in [1.165, 1.54) is 13.0 Å². The number of ether oxygens (including phenoxy) is 1. The van der Waals surface area contributed by atoms with Crippen molar-refractivity contribution in [2.24, 2.45) is 0 Å². The van der Waals surface area contributed by atoms with Crippen LogP contribution < -0.4 is 0 Å². The van der Waals surface area contributed by atoms with Gasteiger partial charge in [-0.05, 0) is 48.4 Å². The Labute approximate surface area is 226 Å². The van der Waals surface area contributed by atoms with Crippen LogP contribution in [-0.2, 0) is 37.8 Å². The monoisotopic (exact) mass is 610 g/mol. The molecule has 0 aliphatic rings. The van der Waals surface area contributed by atoms with Crippen molar-refractivity contribution >= 4 is 17.7 Å². The summed E-state index contributed by atoms with van der Waals surface area (Å²) in [5, 5.41) is 19.0. The molecular weight excluding hydrogens is 587 g/mol. The minimum atomic E-state index is -5.15. The van der Waals surface area contributed by atoms with Gasteiger partial charge in [0.2, 0.25) is 0 Å². The molecule has 0 fully saturated rings. The molecule has 40 heavy (non-hydrogen) atoms. The number of halogens is 9. The first kappa shape index (κ1) is 33.7. The first-order valence-corrected chi connectivity index (χ1v) is 12.3. The molecule has 0 saturated heterocycles. The summed E-state index contributed by atoms with van der Waals surface area (Å²) in [6.45, 7) is 0.332. The Morgan fingerprint density at radius 3 is 1.88 bits per heavy atom. The molecule has 0 aromatic heterocycles. The minimum absolute atomic E-state index is 0.0801. The molecule has 0 spiro atoms. The molecule has 0 aliphatic heterocycles. The molecule has 2 atom stereocenters. The Morgan fingerprint density at radius 1 is 0.825 bits per heavy atom. The fourth-order valence-corrected chi connectivity index (χ4v) is 4.27. The SMILES string of the molecule is Cc1cc(C(O)CSCC(OOCOCCC(=O)O)c2cc(C(F)(F)F)cc(C(F)(F)F)c2)cc(C(F)(F)F)c1. The summed E-state index contributed by atoms with van der Waals surface area (Å²) in [5.74, 6) is -1.91. The van der Waals surface area contributed by atoms with Crippen LogP contribution in [0.5, 0.6) is 0 Å². The third-order valence-corrected chi connectivity index (χ3v) is 6.20. The zero-order chi connectivity index (χ0) is 30.3. The predicted molar refractivity (Wildman–Crippen MR) is 123 cm³/mol. The molecular formula is C24H23F9O6S. The van der Waals surface area contributed by atoms with E-state index in [4.69, 9.17) is 19.6 Å². The third-order valence-electron chi connectivity index (χ3n) is 5.11. The fraction of sp³-hybridized carbons (Fsp3) is 0.458. The van der Waals surface area contributed by atoms with Crippen molar-refractivity contribution in [3.8, 4) is 0 Å². The van der Waals surface area contributed by atoms with Crippen LogP contribution in [0.15, 0.2) is 36.4 Å². The maximum Gasteiger partial charge on any atom is 0.416 e. The number of carbonyl (C=O) groups is 1. The molecule has 0 amide bonds.